The van der Waals surface area contributed by atoms with Gasteiger partial charge in [-0.05, 0) is 49.4 Å². The number of fused-ring (bicyclic) bond motifs is 3. The molecule has 0 amide bonds. The van der Waals surface area contributed by atoms with E-state index in [9.17, 15) is 8.78 Å². The normalized spacial score (nSPS) is 11.3. The third-order valence-electron chi connectivity index (χ3n) is 4.97. The van der Waals surface area contributed by atoms with E-state index in [2.05, 4.69) is 4.98 Å². The summed E-state index contributed by atoms with van der Waals surface area (Å²) < 4.78 is 35.7. The monoisotopic (exact) mass is 401 g/mol. The molecule has 3 aromatic carbocycles. The lowest BCUT2D eigenvalue weighted by molar-refractivity contribution is 0.340. The number of hydrogen-bond donors (Lipinski definition) is 0. The number of halogens is 2. The van der Waals surface area contributed by atoms with Crippen molar-refractivity contribution in [3.63, 3.8) is 0 Å². The maximum atomic E-state index is 14.4. The minimum Gasteiger partial charge on any atom is -0.494 e. The summed E-state index contributed by atoms with van der Waals surface area (Å²) in [6, 6.07) is 19.2. The average molecular weight is 401 g/mol. The Labute approximate surface area is 171 Å². The Balaban J connectivity index is 1.84. The largest absolute Gasteiger partial charge is 0.494 e. The van der Waals surface area contributed by atoms with Crippen molar-refractivity contribution >= 4 is 21.8 Å². The second kappa shape index (κ2) is 7.22. The number of nitrogens with zero attached hydrogens (tertiary/aromatic N) is 3. The van der Waals surface area contributed by atoms with E-state index in [1.54, 1.807) is 10.9 Å². The quantitative estimate of drug-likeness (QED) is 0.375. The van der Waals surface area contributed by atoms with Crippen LogP contribution in [0.25, 0.3) is 38.8 Å². The van der Waals surface area contributed by atoms with E-state index in [1.807, 2.05) is 61.5 Å². The van der Waals surface area contributed by atoms with Gasteiger partial charge >= 0.3 is 0 Å². The van der Waals surface area contributed by atoms with Gasteiger partial charge in [-0.15, -0.1) is 0 Å². The van der Waals surface area contributed by atoms with Crippen LogP contribution in [0.1, 0.15) is 6.92 Å². The lowest BCUT2D eigenvalue weighted by atomic mass is 10.1. The van der Waals surface area contributed by atoms with Crippen molar-refractivity contribution in [3.05, 3.63) is 84.6 Å². The van der Waals surface area contributed by atoms with Gasteiger partial charge in [-0.2, -0.15) is 5.10 Å². The number of ether oxygens (including phenoxy) is 1. The molecule has 0 aliphatic carbocycles. The third-order valence-corrected chi connectivity index (χ3v) is 4.97. The van der Waals surface area contributed by atoms with E-state index < -0.39 is 11.6 Å². The maximum absolute atomic E-state index is 14.4. The highest BCUT2D eigenvalue weighted by molar-refractivity contribution is 6.08. The highest BCUT2D eigenvalue weighted by Gasteiger charge is 2.19. The number of pyridine rings is 1. The van der Waals surface area contributed by atoms with Gasteiger partial charge in [-0.1, -0.05) is 18.2 Å². The maximum Gasteiger partial charge on any atom is 0.152 e. The first kappa shape index (κ1) is 18.2. The number of para-hydroxylation sites is 1. The smallest absolute Gasteiger partial charge is 0.152 e. The fourth-order valence-electron chi connectivity index (χ4n) is 3.66. The molecule has 0 spiro atoms. The van der Waals surface area contributed by atoms with Crippen molar-refractivity contribution < 1.29 is 13.5 Å². The summed E-state index contributed by atoms with van der Waals surface area (Å²) in [5.41, 5.74) is 3.04. The average Bonchev–Trinajstić information content (AvgIpc) is 3.15. The van der Waals surface area contributed by atoms with Gasteiger partial charge in [-0.25, -0.2) is 13.5 Å². The molecule has 0 bridgehead atoms. The van der Waals surface area contributed by atoms with Gasteiger partial charge in [0.25, 0.3) is 0 Å². The molecule has 5 aromatic rings. The number of rotatable bonds is 4. The molecule has 5 rings (SSSR count). The first-order valence-electron chi connectivity index (χ1n) is 9.61. The van der Waals surface area contributed by atoms with E-state index >= 15 is 0 Å². The van der Waals surface area contributed by atoms with E-state index in [0.717, 1.165) is 23.1 Å². The molecule has 2 heterocycles. The fourth-order valence-corrected chi connectivity index (χ4v) is 3.66. The Morgan fingerprint density at radius 3 is 2.43 bits per heavy atom. The van der Waals surface area contributed by atoms with Crippen LogP contribution >= 0.6 is 0 Å². The van der Waals surface area contributed by atoms with E-state index in [0.29, 0.717) is 28.6 Å². The zero-order valence-electron chi connectivity index (χ0n) is 16.1. The van der Waals surface area contributed by atoms with Crippen LogP contribution in [0.2, 0.25) is 0 Å². The summed E-state index contributed by atoms with van der Waals surface area (Å²) in [5, 5.41) is 5.89. The predicted molar refractivity (Wildman–Crippen MR) is 113 cm³/mol. The highest BCUT2D eigenvalue weighted by atomic mass is 19.1. The van der Waals surface area contributed by atoms with E-state index in [1.165, 1.54) is 6.07 Å². The molecule has 0 atom stereocenters. The Morgan fingerprint density at radius 2 is 1.70 bits per heavy atom. The Kier molecular flexibility index (Phi) is 4.39. The molecular weight excluding hydrogens is 384 g/mol. The molecule has 6 heteroatoms. The SMILES string of the molecule is CCOc1ccc(-c2nn(-c3ccccc3)c3c2cnc2c(F)cc(F)cc23)cc1. The standard InChI is InChI=1S/C24H17F2N3O/c1-2-30-18-10-8-15(9-11-18)22-20-14-27-23-19(12-16(25)13-21(23)26)24(20)29(28-22)17-6-4-3-5-7-17/h3-14H,2H2,1H3. The van der Waals surface area contributed by atoms with Gasteiger partial charge in [0.2, 0.25) is 0 Å². The van der Waals surface area contributed by atoms with Gasteiger partial charge in [0, 0.05) is 28.6 Å². The third kappa shape index (κ3) is 2.97. The molecule has 0 radical (unpaired) electrons. The van der Waals surface area contributed by atoms with Crippen LogP contribution < -0.4 is 4.74 Å². The Bertz CT molecular complexity index is 1360. The molecule has 30 heavy (non-hydrogen) atoms. The first-order chi connectivity index (χ1) is 14.7. The zero-order chi connectivity index (χ0) is 20.7. The first-order valence-corrected chi connectivity index (χ1v) is 9.61. The fraction of sp³-hybridized carbons (Fsp3) is 0.0833. The lowest BCUT2D eigenvalue weighted by Crippen LogP contribution is -1.97. The van der Waals surface area contributed by atoms with Crippen LogP contribution in [0.5, 0.6) is 5.75 Å². The summed E-state index contributed by atoms with van der Waals surface area (Å²) in [6.45, 7) is 2.51. The lowest BCUT2D eigenvalue weighted by Gasteiger charge is -2.06. The zero-order valence-corrected chi connectivity index (χ0v) is 16.1. The van der Waals surface area contributed by atoms with Crippen LogP contribution in [0.3, 0.4) is 0 Å². The Morgan fingerprint density at radius 1 is 0.933 bits per heavy atom. The molecule has 0 N–H and O–H groups in total. The number of benzene rings is 3. The van der Waals surface area contributed by atoms with Crippen LogP contribution in [-0.4, -0.2) is 21.4 Å². The molecule has 0 unspecified atom stereocenters. The number of hydrogen-bond acceptors (Lipinski definition) is 3. The van der Waals surface area contributed by atoms with Crippen molar-refractivity contribution in [2.45, 2.75) is 6.92 Å². The van der Waals surface area contributed by atoms with Crippen LogP contribution in [0, 0.1) is 11.6 Å². The summed E-state index contributed by atoms with van der Waals surface area (Å²) in [6.07, 6.45) is 1.59. The molecule has 4 nitrogen and oxygen atoms in total. The van der Waals surface area contributed by atoms with Crippen molar-refractivity contribution in [1.82, 2.24) is 14.8 Å². The molecule has 0 aliphatic rings. The van der Waals surface area contributed by atoms with Crippen LogP contribution in [0.15, 0.2) is 72.9 Å². The van der Waals surface area contributed by atoms with E-state index in [4.69, 9.17) is 9.84 Å². The molecule has 0 saturated carbocycles. The molecular formula is C24H17F2N3O. The summed E-state index contributed by atoms with van der Waals surface area (Å²) in [7, 11) is 0. The molecule has 0 saturated heterocycles. The van der Waals surface area contributed by atoms with Crippen LogP contribution in [0.4, 0.5) is 8.78 Å². The Hall–Kier alpha value is -3.80. The predicted octanol–water partition coefficient (Wildman–Crippen LogP) is 5.92. The minimum absolute atomic E-state index is 0.110. The molecule has 0 aliphatic heterocycles. The molecule has 0 fully saturated rings. The molecule has 2 aromatic heterocycles. The summed E-state index contributed by atoms with van der Waals surface area (Å²) in [5.74, 6) is -0.589. The highest BCUT2D eigenvalue weighted by Crippen LogP contribution is 2.35. The van der Waals surface area contributed by atoms with Crippen molar-refractivity contribution in [2.24, 2.45) is 0 Å². The van der Waals surface area contributed by atoms with E-state index in [-0.39, 0.29) is 5.52 Å². The molecule has 148 valence electrons. The van der Waals surface area contributed by atoms with Crippen molar-refractivity contribution in [3.8, 4) is 22.7 Å². The second-order valence-electron chi connectivity index (χ2n) is 6.86. The van der Waals surface area contributed by atoms with Gasteiger partial charge in [0.1, 0.15) is 22.8 Å². The van der Waals surface area contributed by atoms with Gasteiger partial charge < -0.3 is 4.74 Å². The van der Waals surface area contributed by atoms with Gasteiger partial charge in [-0.3, -0.25) is 4.98 Å². The van der Waals surface area contributed by atoms with Crippen molar-refractivity contribution in [2.75, 3.05) is 6.61 Å². The second-order valence-corrected chi connectivity index (χ2v) is 6.86. The summed E-state index contributed by atoms with van der Waals surface area (Å²) >= 11 is 0. The van der Waals surface area contributed by atoms with Gasteiger partial charge in [0.15, 0.2) is 5.82 Å². The van der Waals surface area contributed by atoms with Crippen LogP contribution in [-0.2, 0) is 0 Å². The minimum atomic E-state index is -0.699. The topological polar surface area (TPSA) is 39.9 Å². The van der Waals surface area contributed by atoms with Gasteiger partial charge in [0.05, 0.1) is 17.8 Å². The van der Waals surface area contributed by atoms with Crippen molar-refractivity contribution in [1.29, 1.82) is 0 Å². The number of aromatic nitrogens is 3. The summed E-state index contributed by atoms with van der Waals surface area (Å²) in [4.78, 5) is 4.27.